The molecule has 0 atom stereocenters. The first-order chi connectivity index (χ1) is 13.3. The highest BCUT2D eigenvalue weighted by Crippen LogP contribution is 2.20. The van der Waals surface area contributed by atoms with E-state index in [4.69, 9.17) is 5.10 Å². The summed E-state index contributed by atoms with van der Waals surface area (Å²) >= 11 is 0. The first kappa shape index (κ1) is 19.2. The molecule has 142 valence electrons. The number of nitrogens with zero attached hydrogens (tertiary/aromatic N) is 3. The second kappa shape index (κ2) is 9.97. The molecule has 0 bridgehead atoms. The zero-order chi connectivity index (χ0) is 18.9. The van der Waals surface area contributed by atoms with Gasteiger partial charge >= 0.3 is 0 Å². The summed E-state index contributed by atoms with van der Waals surface area (Å²) in [5.74, 6) is -0.231. The molecular weight excluding hydrogens is 339 g/mol. The monoisotopic (exact) mass is 366 g/mol. The van der Waals surface area contributed by atoms with Crippen LogP contribution in [0.2, 0.25) is 0 Å². The molecule has 3 rings (SSSR count). The van der Waals surface area contributed by atoms with E-state index in [0.717, 1.165) is 29.1 Å². The molecule has 1 N–H and O–H groups in total. The maximum atomic E-state index is 13.1. The zero-order valence-corrected chi connectivity index (χ0v) is 15.9. The summed E-state index contributed by atoms with van der Waals surface area (Å²) in [5.41, 5.74) is 3.88. The van der Waals surface area contributed by atoms with Crippen LogP contribution in [-0.4, -0.2) is 21.5 Å². The average molecular weight is 366 g/mol. The zero-order valence-electron chi connectivity index (χ0n) is 15.9. The number of benzene rings is 2. The van der Waals surface area contributed by atoms with Gasteiger partial charge in [0.05, 0.1) is 6.54 Å². The van der Waals surface area contributed by atoms with Gasteiger partial charge in [-0.05, 0) is 30.7 Å². The van der Waals surface area contributed by atoms with Crippen molar-refractivity contribution in [2.45, 2.75) is 45.7 Å². The van der Waals surface area contributed by atoms with E-state index in [1.807, 2.05) is 18.2 Å². The van der Waals surface area contributed by atoms with Gasteiger partial charge in [0.2, 0.25) is 0 Å². The Labute approximate surface area is 160 Å². The predicted molar refractivity (Wildman–Crippen MR) is 107 cm³/mol. The summed E-state index contributed by atoms with van der Waals surface area (Å²) in [6, 6.07) is 16.6. The molecule has 0 radical (unpaired) electrons. The Morgan fingerprint density at radius 2 is 1.70 bits per heavy atom. The Morgan fingerprint density at radius 1 is 0.926 bits per heavy atom. The van der Waals surface area contributed by atoms with Crippen LogP contribution in [0.5, 0.6) is 0 Å². The maximum absolute atomic E-state index is 13.1. The van der Waals surface area contributed by atoms with Crippen molar-refractivity contribution in [3.8, 4) is 11.3 Å². The third-order valence-electron chi connectivity index (χ3n) is 4.51. The van der Waals surface area contributed by atoms with Crippen LogP contribution in [0.4, 0.5) is 4.39 Å². The molecule has 0 unspecified atom stereocenters. The molecule has 0 saturated carbocycles. The molecule has 0 saturated heterocycles. The fourth-order valence-corrected chi connectivity index (χ4v) is 3.03. The minimum atomic E-state index is -0.231. The van der Waals surface area contributed by atoms with Gasteiger partial charge in [-0.25, -0.2) is 4.39 Å². The lowest BCUT2D eigenvalue weighted by Gasteiger charge is -2.04. The highest BCUT2D eigenvalue weighted by atomic mass is 19.1. The topological polar surface area (TPSA) is 42.7 Å². The molecule has 5 heteroatoms. The summed E-state index contributed by atoms with van der Waals surface area (Å²) < 4.78 is 13.1. The van der Waals surface area contributed by atoms with Crippen LogP contribution >= 0.6 is 0 Å². The first-order valence-electron chi connectivity index (χ1n) is 9.71. The number of aromatic nitrogens is 3. The van der Waals surface area contributed by atoms with E-state index in [1.54, 1.807) is 16.9 Å². The molecule has 4 nitrogen and oxygen atoms in total. The Balaban J connectivity index is 1.71. The maximum Gasteiger partial charge on any atom is 0.123 e. The van der Waals surface area contributed by atoms with Crippen LogP contribution in [-0.2, 0) is 13.1 Å². The summed E-state index contributed by atoms with van der Waals surface area (Å²) in [6.07, 6.45) is 4.96. The third kappa shape index (κ3) is 5.73. The van der Waals surface area contributed by atoms with Crippen LogP contribution in [0.15, 0.2) is 54.6 Å². The van der Waals surface area contributed by atoms with Crippen molar-refractivity contribution in [1.29, 1.82) is 0 Å². The Hall–Kier alpha value is -2.53. The van der Waals surface area contributed by atoms with Gasteiger partial charge < -0.3 is 5.32 Å². The molecular formula is C22H27FN4. The molecule has 0 amide bonds. The van der Waals surface area contributed by atoms with Gasteiger partial charge in [-0.3, -0.25) is 0 Å². The lowest BCUT2D eigenvalue weighted by molar-refractivity contribution is 0.564. The molecule has 2 aromatic carbocycles. The fourth-order valence-electron chi connectivity index (χ4n) is 3.03. The molecule has 1 heterocycles. The largest absolute Gasteiger partial charge is 0.311 e. The molecule has 0 aliphatic carbocycles. The number of hydrogen-bond acceptors (Lipinski definition) is 3. The van der Waals surface area contributed by atoms with Crippen molar-refractivity contribution in [2.24, 2.45) is 0 Å². The fraction of sp³-hybridized carbons (Fsp3) is 0.364. The normalized spacial score (nSPS) is 11.0. The van der Waals surface area contributed by atoms with Crippen molar-refractivity contribution < 1.29 is 4.39 Å². The second-order valence-electron chi connectivity index (χ2n) is 6.76. The van der Waals surface area contributed by atoms with Crippen LogP contribution in [0.1, 0.15) is 43.9 Å². The summed E-state index contributed by atoms with van der Waals surface area (Å²) in [4.78, 5) is 1.70. The standard InChI is InChI=1S/C22H27FN4/c1-2-3-4-8-15-24-16-21-22(19-9-6-5-7-10-19)26-27(25-21)17-18-11-13-20(23)14-12-18/h5-7,9-14,24H,2-4,8,15-17H2,1H3. The number of halogens is 1. The van der Waals surface area contributed by atoms with Crippen LogP contribution in [0.25, 0.3) is 11.3 Å². The highest BCUT2D eigenvalue weighted by Gasteiger charge is 2.13. The smallest absolute Gasteiger partial charge is 0.123 e. The van der Waals surface area contributed by atoms with Crippen LogP contribution < -0.4 is 5.32 Å². The van der Waals surface area contributed by atoms with E-state index in [-0.39, 0.29) is 5.82 Å². The van der Waals surface area contributed by atoms with Crippen molar-refractivity contribution in [3.63, 3.8) is 0 Å². The molecule has 0 aliphatic rings. The van der Waals surface area contributed by atoms with Gasteiger partial charge in [0, 0.05) is 12.1 Å². The van der Waals surface area contributed by atoms with Gasteiger partial charge in [-0.1, -0.05) is 68.7 Å². The van der Waals surface area contributed by atoms with E-state index in [2.05, 4.69) is 29.5 Å². The molecule has 3 aromatic rings. The van der Waals surface area contributed by atoms with Gasteiger partial charge in [0.15, 0.2) is 0 Å². The van der Waals surface area contributed by atoms with Gasteiger partial charge in [0.1, 0.15) is 17.2 Å². The van der Waals surface area contributed by atoms with E-state index in [1.165, 1.54) is 37.8 Å². The Kier molecular flexibility index (Phi) is 7.11. The second-order valence-corrected chi connectivity index (χ2v) is 6.76. The van der Waals surface area contributed by atoms with Crippen molar-refractivity contribution in [3.05, 3.63) is 71.7 Å². The molecule has 0 aliphatic heterocycles. The summed E-state index contributed by atoms with van der Waals surface area (Å²) in [7, 11) is 0. The number of rotatable bonds is 10. The summed E-state index contributed by atoms with van der Waals surface area (Å²) in [6.45, 7) is 4.43. The molecule has 0 fully saturated rings. The predicted octanol–water partition coefficient (Wildman–Crippen LogP) is 4.80. The van der Waals surface area contributed by atoms with E-state index in [0.29, 0.717) is 13.1 Å². The lowest BCUT2D eigenvalue weighted by atomic mass is 10.1. The third-order valence-corrected chi connectivity index (χ3v) is 4.51. The van der Waals surface area contributed by atoms with Gasteiger partial charge in [-0.15, -0.1) is 0 Å². The van der Waals surface area contributed by atoms with Gasteiger partial charge in [0.25, 0.3) is 0 Å². The SMILES string of the molecule is CCCCCCNCc1nn(Cc2ccc(F)cc2)nc1-c1ccccc1. The van der Waals surface area contributed by atoms with Crippen molar-refractivity contribution in [2.75, 3.05) is 6.54 Å². The Bertz CT molecular complexity index is 812. The molecule has 27 heavy (non-hydrogen) atoms. The van der Waals surface area contributed by atoms with E-state index in [9.17, 15) is 4.39 Å². The number of nitrogens with one attached hydrogen (secondary N) is 1. The van der Waals surface area contributed by atoms with Crippen LogP contribution in [0.3, 0.4) is 0 Å². The number of unbranched alkanes of at least 4 members (excludes halogenated alkanes) is 3. The first-order valence-corrected chi connectivity index (χ1v) is 9.71. The van der Waals surface area contributed by atoms with Gasteiger partial charge in [-0.2, -0.15) is 15.0 Å². The van der Waals surface area contributed by atoms with E-state index < -0.39 is 0 Å². The molecule has 0 spiro atoms. The minimum Gasteiger partial charge on any atom is -0.311 e. The minimum absolute atomic E-state index is 0.231. The average Bonchev–Trinajstić information content (AvgIpc) is 3.10. The summed E-state index contributed by atoms with van der Waals surface area (Å²) in [5, 5.41) is 12.9. The Morgan fingerprint density at radius 3 is 2.44 bits per heavy atom. The van der Waals surface area contributed by atoms with E-state index >= 15 is 0 Å². The highest BCUT2D eigenvalue weighted by molar-refractivity contribution is 5.60. The van der Waals surface area contributed by atoms with Crippen LogP contribution in [0, 0.1) is 5.82 Å². The van der Waals surface area contributed by atoms with Crippen molar-refractivity contribution in [1.82, 2.24) is 20.3 Å². The quantitative estimate of drug-likeness (QED) is 0.524. The van der Waals surface area contributed by atoms with Crippen molar-refractivity contribution >= 4 is 0 Å². The number of hydrogen-bond donors (Lipinski definition) is 1. The molecule has 1 aromatic heterocycles. The lowest BCUT2D eigenvalue weighted by Crippen LogP contribution is -2.16.